The highest BCUT2D eigenvalue weighted by molar-refractivity contribution is 5.99. The van der Waals surface area contributed by atoms with Crippen molar-refractivity contribution >= 4 is 17.6 Å². The van der Waals surface area contributed by atoms with Crippen molar-refractivity contribution in [2.24, 2.45) is 5.92 Å². The van der Waals surface area contributed by atoms with Crippen LogP contribution in [0.15, 0.2) is 72.8 Å². The average molecular weight is 396 g/mol. The average Bonchev–Trinajstić information content (AvgIpc) is 3.17. The van der Waals surface area contributed by atoms with Crippen molar-refractivity contribution in [3.05, 3.63) is 83.9 Å². The van der Waals surface area contributed by atoms with Crippen molar-refractivity contribution in [2.75, 3.05) is 11.4 Å². The van der Waals surface area contributed by atoms with Crippen LogP contribution in [-0.4, -0.2) is 18.4 Å². The van der Waals surface area contributed by atoms with Gasteiger partial charge in [-0.3, -0.25) is 9.59 Å². The molecular formula is C25H20N2O3. The van der Waals surface area contributed by atoms with Gasteiger partial charge in [0.15, 0.2) is 0 Å². The molecule has 0 aliphatic carbocycles. The van der Waals surface area contributed by atoms with Gasteiger partial charge in [-0.15, -0.1) is 0 Å². The molecule has 1 fully saturated rings. The molecule has 1 saturated heterocycles. The molecule has 1 aliphatic rings. The predicted molar refractivity (Wildman–Crippen MR) is 114 cm³/mol. The molecule has 1 heterocycles. The van der Waals surface area contributed by atoms with Crippen LogP contribution in [0.5, 0.6) is 5.75 Å². The summed E-state index contributed by atoms with van der Waals surface area (Å²) in [6.45, 7) is 2.31. The molecule has 1 atom stereocenters. The van der Waals surface area contributed by atoms with Crippen molar-refractivity contribution in [3.63, 3.8) is 0 Å². The first-order chi connectivity index (χ1) is 14.5. The van der Waals surface area contributed by atoms with E-state index in [2.05, 4.69) is 6.07 Å². The largest absolute Gasteiger partial charge is 0.426 e. The monoisotopic (exact) mass is 396 g/mol. The zero-order valence-corrected chi connectivity index (χ0v) is 16.5. The van der Waals surface area contributed by atoms with E-state index in [1.165, 1.54) is 0 Å². The fourth-order valence-corrected chi connectivity index (χ4v) is 3.49. The Morgan fingerprint density at radius 2 is 1.57 bits per heavy atom. The number of nitrogens with zero attached hydrogens (tertiary/aromatic N) is 2. The van der Waals surface area contributed by atoms with Crippen LogP contribution in [0.25, 0.3) is 11.1 Å². The Labute approximate surface area is 175 Å². The van der Waals surface area contributed by atoms with Crippen molar-refractivity contribution in [1.82, 2.24) is 0 Å². The summed E-state index contributed by atoms with van der Waals surface area (Å²) in [6, 6.07) is 24.3. The molecule has 0 N–H and O–H groups in total. The first-order valence-electron chi connectivity index (χ1n) is 9.73. The summed E-state index contributed by atoms with van der Waals surface area (Å²) in [5.74, 6) is -0.517. The van der Waals surface area contributed by atoms with E-state index in [-0.39, 0.29) is 12.3 Å². The predicted octanol–water partition coefficient (Wildman–Crippen LogP) is 4.49. The first-order valence-corrected chi connectivity index (χ1v) is 9.73. The van der Waals surface area contributed by atoms with E-state index < -0.39 is 11.9 Å². The van der Waals surface area contributed by atoms with Crippen LogP contribution in [0.2, 0.25) is 0 Å². The number of ether oxygens (including phenoxy) is 1. The molecule has 5 heteroatoms. The van der Waals surface area contributed by atoms with Crippen LogP contribution in [0, 0.1) is 24.2 Å². The Balaban J connectivity index is 1.40. The smallest absolute Gasteiger partial charge is 0.316 e. The number of benzene rings is 3. The topological polar surface area (TPSA) is 70.4 Å². The van der Waals surface area contributed by atoms with Gasteiger partial charge in [-0.1, -0.05) is 42.0 Å². The summed E-state index contributed by atoms with van der Waals surface area (Å²) in [7, 11) is 0. The lowest BCUT2D eigenvalue weighted by atomic mass is 10.0. The normalized spacial score (nSPS) is 15.7. The van der Waals surface area contributed by atoms with Gasteiger partial charge >= 0.3 is 5.97 Å². The van der Waals surface area contributed by atoms with Crippen LogP contribution in [-0.2, 0) is 9.59 Å². The lowest BCUT2D eigenvalue weighted by Gasteiger charge is -2.16. The number of carbonyl (C=O) groups is 2. The molecule has 0 aromatic heterocycles. The second-order valence-electron chi connectivity index (χ2n) is 7.38. The van der Waals surface area contributed by atoms with Crippen molar-refractivity contribution in [3.8, 4) is 22.9 Å². The zero-order chi connectivity index (χ0) is 21.1. The SMILES string of the molecule is Cc1ccc(N2CC(C(=O)Oc3ccc(-c4ccc(C#N)cc4)cc3)CC2=O)cc1. The summed E-state index contributed by atoms with van der Waals surface area (Å²) in [6.07, 6.45) is 0.149. The van der Waals surface area contributed by atoms with Gasteiger partial charge in [-0.05, 0) is 54.4 Å². The standard InChI is InChI=1S/C25H20N2O3/c1-17-2-10-22(11-3-17)27-16-21(14-24(27)28)25(29)30-23-12-8-20(9-13-23)19-6-4-18(15-26)5-7-19/h2-13,21H,14,16H2,1H3. The molecule has 1 aliphatic heterocycles. The molecule has 3 aromatic rings. The van der Waals surface area contributed by atoms with E-state index in [1.54, 1.807) is 29.2 Å². The molecule has 0 radical (unpaired) electrons. The quantitative estimate of drug-likeness (QED) is 0.481. The van der Waals surface area contributed by atoms with Gasteiger partial charge in [0.2, 0.25) is 5.91 Å². The van der Waals surface area contributed by atoms with Gasteiger partial charge < -0.3 is 9.64 Å². The van der Waals surface area contributed by atoms with Crippen LogP contribution in [0.3, 0.4) is 0 Å². The van der Waals surface area contributed by atoms with Gasteiger partial charge in [-0.25, -0.2) is 0 Å². The Morgan fingerprint density at radius 1 is 0.967 bits per heavy atom. The fraction of sp³-hybridized carbons (Fsp3) is 0.160. The minimum atomic E-state index is -0.489. The van der Waals surface area contributed by atoms with Gasteiger partial charge in [0.05, 0.1) is 17.6 Å². The third-order valence-corrected chi connectivity index (χ3v) is 5.22. The van der Waals surface area contributed by atoms with E-state index in [0.29, 0.717) is 17.9 Å². The molecule has 0 saturated carbocycles. The van der Waals surface area contributed by atoms with Crippen molar-refractivity contribution < 1.29 is 14.3 Å². The number of hydrogen-bond acceptors (Lipinski definition) is 4. The summed E-state index contributed by atoms with van der Waals surface area (Å²) >= 11 is 0. The molecule has 5 nitrogen and oxygen atoms in total. The molecule has 0 spiro atoms. The van der Waals surface area contributed by atoms with Gasteiger partial charge in [0, 0.05) is 18.7 Å². The molecule has 3 aromatic carbocycles. The lowest BCUT2D eigenvalue weighted by Crippen LogP contribution is -2.27. The highest BCUT2D eigenvalue weighted by Gasteiger charge is 2.36. The minimum absolute atomic E-state index is 0.0723. The Bertz CT molecular complexity index is 1110. The number of carbonyl (C=O) groups excluding carboxylic acids is 2. The maximum absolute atomic E-state index is 12.6. The number of rotatable bonds is 4. The molecule has 148 valence electrons. The molecule has 1 unspecified atom stereocenters. The van der Waals surface area contributed by atoms with Gasteiger partial charge in [0.25, 0.3) is 0 Å². The third kappa shape index (κ3) is 4.08. The number of esters is 1. The number of nitriles is 1. The van der Waals surface area contributed by atoms with Gasteiger partial charge in [-0.2, -0.15) is 5.26 Å². The summed E-state index contributed by atoms with van der Waals surface area (Å²) < 4.78 is 5.52. The summed E-state index contributed by atoms with van der Waals surface area (Å²) in [5, 5.41) is 8.90. The van der Waals surface area contributed by atoms with Crippen molar-refractivity contribution in [2.45, 2.75) is 13.3 Å². The Hall–Kier alpha value is -3.91. The lowest BCUT2D eigenvalue weighted by molar-refractivity contribution is -0.139. The van der Waals surface area contributed by atoms with Crippen molar-refractivity contribution in [1.29, 1.82) is 5.26 Å². The van der Waals surface area contributed by atoms with Gasteiger partial charge in [0.1, 0.15) is 5.75 Å². The van der Waals surface area contributed by atoms with E-state index in [0.717, 1.165) is 22.4 Å². The molecule has 0 bridgehead atoms. The maximum atomic E-state index is 12.6. The Kier molecular flexibility index (Phi) is 5.32. The number of amides is 1. The maximum Gasteiger partial charge on any atom is 0.316 e. The van der Waals surface area contributed by atoms with E-state index in [9.17, 15) is 9.59 Å². The van der Waals surface area contributed by atoms with Crippen LogP contribution in [0.4, 0.5) is 5.69 Å². The molecule has 4 rings (SSSR count). The molecule has 30 heavy (non-hydrogen) atoms. The number of hydrogen-bond donors (Lipinski definition) is 0. The highest BCUT2D eigenvalue weighted by atomic mass is 16.5. The van der Waals surface area contributed by atoms with E-state index in [1.807, 2.05) is 55.5 Å². The minimum Gasteiger partial charge on any atom is -0.426 e. The first kappa shape index (κ1) is 19.4. The summed E-state index contributed by atoms with van der Waals surface area (Å²) in [5.41, 5.74) is 4.46. The fourth-order valence-electron chi connectivity index (χ4n) is 3.49. The van der Waals surface area contributed by atoms with Crippen LogP contribution >= 0.6 is 0 Å². The summed E-state index contributed by atoms with van der Waals surface area (Å²) in [4.78, 5) is 26.6. The highest BCUT2D eigenvalue weighted by Crippen LogP contribution is 2.28. The number of anilines is 1. The number of aryl methyl sites for hydroxylation is 1. The van der Waals surface area contributed by atoms with E-state index >= 15 is 0 Å². The molecule has 1 amide bonds. The second kappa shape index (κ2) is 8.22. The second-order valence-corrected chi connectivity index (χ2v) is 7.38. The van der Waals surface area contributed by atoms with Crippen LogP contribution in [0.1, 0.15) is 17.5 Å². The van der Waals surface area contributed by atoms with E-state index in [4.69, 9.17) is 10.00 Å². The Morgan fingerprint density at radius 3 is 2.17 bits per heavy atom. The molecular weight excluding hydrogens is 376 g/mol. The zero-order valence-electron chi connectivity index (χ0n) is 16.5. The van der Waals surface area contributed by atoms with Crippen LogP contribution < -0.4 is 9.64 Å². The third-order valence-electron chi connectivity index (χ3n) is 5.22.